The second kappa shape index (κ2) is 11.3. The van der Waals surface area contributed by atoms with Crippen molar-refractivity contribution < 1.29 is 18.3 Å². The van der Waals surface area contributed by atoms with Crippen LogP contribution in [0.1, 0.15) is 18.4 Å². The van der Waals surface area contributed by atoms with Gasteiger partial charge in [-0.15, -0.1) is 24.0 Å². The summed E-state index contributed by atoms with van der Waals surface area (Å²) >= 11 is 5.97. The summed E-state index contributed by atoms with van der Waals surface area (Å²) in [6.45, 7) is 0.810. The monoisotopic (exact) mass is 530 g/mol. The van der Waals surface area contributed by atoms with Crippen LogP contribution in [-0.2, 0) is 11.3 Å². The maximum atomic E-state index is 12.6. The van der Waals surface area contributed by atoms with E-state index in [-0.39, 0.29) is 42.4 Å². The Balaban J connectivity index is 0.00000280. The Hall–Kier alpha value is -0.910. The quantitative estimate of drug-likeness (QED) is 0.336. The summed E-state index contributed by atoms with van der Waals surface area (Å²) in [4.78, 5) is 6.65. The van der Waals surface area contributed by atoms with Gasteiger partial charge in [0.05, 0.1) is 12.7 Å². The highest BCUT2D eigenvalue weighted by molar-refractivity contribution is 14.0. The molecule has 2 saturated heterocycles. The van der Waals surface area contributed by atoms with Gasteiger partial charge in [0.15, 0.2) is 5.96 Å². The molecule has 28 heavy (non-hydrogen) atoms. The van der Waals surface area contributed by atoms with E-state index in [0.717, 1.165) is 19.7 Å². The fraction of sp³-hybridized carbons (Fsp3) is 0.611. The van der Waals surface area contributed by atoms with Crippen LogP contribution in [-0.4, -0.2) is 62.9 Å². The van der Waals surface area contributed by atoms with Crippen LogP contribution in [0.3, 0.4) is 0 Å². The number of rotatable bonds is 6. The summed E-state index contributed by atoms with van der Waals surface area (Å²) in [5, 5.41) is 6.78. The molecule has 0 aromatic heterocycles. The van der Waals surface area contributed by atoms with Crippen LogP contribution in [0.15, 0.2) is 23.2 Å². The lowest BCUT2D eigenvalue weighted by Gasteiger charge is -2.35. The van der Waals surface area contributed by atoms with E-state index in [1.54, 1.807) is 13.1 Å². The largest absolute Gasteiger partial charge is 0.434 e. The topological polar surface area (TPSA) is 58.1 Å². The number of hydrogen-bond donors (Lipinski definition) is 2. The van der Waals surface area contributed by atoms with Gasteiger partial charge in [0.1, 0.15) is 5.75 Å². The molecule has 0 amide bonds. The number of hydrogen-bond acceptors (Lipinski definition) is 4. The fourth-order valence-corrected chi connectivity index (χ4v) is 3.71. The summed E-state index contributed by atoms with van der Waals surface area (Å²) in [6, 6.07) is 5.11. The molecule has 1 aromatic carbocycles. The molecule has 0 radical (unpaired) electrons. The third kappa shape index (κ3) is 6.57. The summed E-state index contributed by atoms with van der Waals surface area (Å²) in [5.41, 5.74) is 0.527. The number of halogens is 4. The van der Waals surface area contributed by atoms with E-state index in [2.05, 4.69) is 25.3 Å². The number of fused-ring (bicyclic) bond motifs is 1. The number of ether oxygens (including phenoxy) is 2. The minimum Gasteiger partial charge on any atom is -0.434 e. The first-order valence-corrected chi connectivity index (χ1v) is 9.46. The van der Waals surface area contributed by atoms with Crippen LogP contribution in [0, 0.1) is 0 Å². The lowest BCUT2D eigenvalue weighted by atomic mass is 10.2. The van der Waals surface area contributed by atoms with Gasteiger partial charge in [-0.25, -0.2) is 0 Å². The third-order valence-corrected chi connectivity index (χ3v) is 5.10. The first kappa shape index (κ1) is 23.4. The minimum absolute atomic E-state index is 0. The van der Waals surface area contributed by atoms with Gasteiger partial charge in [0, 0.05) is 43.3 Å². The molecule has 2 aliphatic rings. The van der Waals surface area contributed by atoms with Crippen molar-refractivity contribution in [1.82, 2.24) is 15.5 Å². The van der Waals surface area contributed by atoms with Crippen LogP contribution >= 0.6 is 35.6 Å². The van der Waals surface area contributed by atoms with Gasteiger partial charge >= 0.3 is 6.61 Å². The van der Waals surface area contributed by atoms with Crippen molar-refractivity contribution in [2.75, 3.05) is 33.3 Å². The minimum atomic E-state index is -2.89. The smallest absolute Gasteiger partial charge is 0.387 e. The van der Waals surface area contributed by atoms with Crippen molar-refractivity contribution in [1.29, 1.82) is 0 Å². The maximum absolute atomic E-state index is 12.6. The molecule has 158 valence electrons. The average Bonchev–Trinajstić information content (AvgIpc) is 3.11. The molecule has 2 heterocycles. The second-order valence-corrected chi connectivity index (χ2v) is 7.12. The van der Waals surface area contributed by atoms with E-state index >= 15 is 0 Å². The molecule has 10 heteroatoms. The Kier molecular flexibility index (Phi) is 9.45. The van der Waals surface area contributed by atoms with Gasteiger partial charge in [0.25, 0.3) is 0 Å². The van der Waals surface area contributed by atoms with Gasteiger partial charge in [0.2, 0.25) is 0 Å². The SMILES string of the molecule is CN=C(NCc1cc(Cl)ccc1OC(F)F)NCC1CN2CCCC2CO1.I. The molecule has 2 aliphatic heterocycles. The molecule has 0 spiro atoms. The van der Waals surface area contributed by atoms with Crippen LogP contribution in [0.25, 0.3) is 0 Å². The summed E-state index contributed by atoms with van der Waals surface area (Å²) in [7, 11) is 1.65. The Labute approximate surface area is 186 Å². The van der Waals surface area contributed by atoms with Crippen molar-refractivity contribution >= 4 is 41.5 Å². The molecule has 3 rings (SSSR count). The van der Waals surface area contributed by atoms with Gasteiger partial charge < -0.3 is 20.1 Å². The highest BCUT2D eigenvalue weighted by Crippen LogP contribution is 2.24. The van der Waals surface area contributed by atoms with Gasteiger partial charge in [-0.3, -0.25) is 9.89 Å². The lowest BCUT2D eigenvalue weighted by molar-refractivity contribution is -0.0504. The van der Waals surface area contributed by atoms with Crippen molar-refractivity contribution in [3.8, 4) is 5.75 Å². The Morgan fingerprint density at radius 2 is 2.25 bits per heavy atom. The standard InChI is InChI=1S/C18H25ClF2N4O2.HI/c1-22-18(24-9-15-10-25-6-2-3-14(25)11-26-15)23-8-12-7-13(19)4-5-16(12)27-17(20)21;/h4-5,7,14-15,17H,2-3,6,8-11H2,1H3,(H2,22,23,24);1H. The van der Waals surface area contributed by atoms with E-state index in [9.17, 15) is 8.78 Å². The normalized spacial score (nSPS) is 22.5. The van der Waals surface area contributed by atoms with Crippen molar-refractivity contribution in [3.63, 3.8) is 0 Å². The van der Waals surface area contributed by atoms with Crippen LogP contribution in [0.2, 0.25) is 5.02 Å². The Morgan fingerprint density at radius 3 is 3.00 bits per heavy atom. The van der Waals surface area contributed by atoms with Crippen LogP contribution in [0.4, 0.5) is 8.78 Å². The zero-order valence-corrected chi connectivity index (χ0v) is 18.8. The fourth-order valence-electron chi connectivity index (χ4n) is 3.52. The first-order valence-electron chi connectivity index (χ1n) is 9.08. The lowest BCUT2D eigenvalue weighted by Crippen LogP contribution is -2.51. The number of benzene rings is 1. The van der Waals surface area contributed by atoms with Gasteiger partial charge in [-0.2, -0.15) is 8.78 Å². The zero-order valence-electron chi connectivity index (χ0n) is 15.7. The number of guanidine groups is 1. The summed E-state index contributed by atoms with van der Waals surface area (Å²) in [5.74, 6) is 0.651. The summed E-state index contributed by atoms with van der Waals surface area (Å²) in [6.07, 6.45) is 2.55. The maximum Gasteiger partial charge on any atom is 0.387 e. The molecule has 2 unspecified atom stereocenters. The molecule has 2 fully saturated rings. The molecule has 0 bridgehead atoms. The number of alkyl halides is 2. The third-order valence-electron chi connectivity index (χ3n) is 4.87. The molecule has 2 N–H and O–H groups in total. The van der Waals surface area contributed by atoms with Crippen molar-refractivity contribution in [2.24, 2.45) is 4.99 Å². The Bertz CT molecular complexity index is 668. The van der Waals surface area contributed by atoms with Crippen molar-refractivity contribution in [2.45, 2.75) is 38.1 Å². The second-order valence-electron chi connectivity index (χ2n) is 6.68. The highest BCUT2D eigenvalue weighted by atomic mass is 127. The summed E-state index contributed by atoms with van der Waals surface area (Å²) < 4.78 is 35.6. The number of nitrogens with zero attached hydrogens (tertiary/aromatic N) is 2. The average molecular weight is 531 g/mol. The predicted octanol–water partition coefficient (Wildman–Crippen LogP) is 3.09. The first-order chi connectivity index (χ1) is 13.0. The van der Waals surface area contributed by atoms with Crippen LogP contribution < -0.4 is 15.4 Å². The van der Waals surface area contributed by atoms with Gasteiger partial charge in [-0.1, -0.05) is 11.6 Å². The van der Waals surface area contributed by atoms with Crippen LogP contribution in [0.5, 0.6) is 5.75 Å². The number of nitrogens with one attached hydrogen (secondary N) is 2. The van der Waals surface area contributed by atoms with E-state index in [1.807, 2.05) is 0 Å². The molecule has 6 nitrogen and oxygen atoms in total. The van der Waals surface area contributed by atoms with Gasteiger partial charge in [-0.05, 0) is 37.6 Å². The number of morpholine rings is 1. The molecule has 1 aromatic rings. The molecular weight excluding hydrogens is 505 g/mol. The molecule has 2 atom stereocenters. The molecular formula is C18H26ClF2IN4O2. The van der Waals surface area contributed by atoms with E-state index in [4.69, 9.17) is 16.3 Å². The van der Waals surface area contributed by atoms with Crippen molar-refractivity contribution in [3.05, 3.63) is 28.8 Å². The van der Waals surface area contributed by atoms with E-state index < -0.39 is 6.61 Å². The zero-order chi connectivity index (χ0) is 19.2. The molecule has 0 saturated carbocycles. The van der Waals surface area contributed by atoms with E-state index in [0.29, 0.717) is 29.1 Å². The highest BCUT2D eigenvalue weighted by Gasteiger charge is 2.32. The van der Waals surface area contributed by atoms with E-state index in [1.165, 1.54) is 25.0 Å². The number of aliphatic imine (C=N–C) groups is 1. The molecule has 0 aliphatic carbocycles. The predicted molar refractivity (Wildman–Crippen MR) is 116 cm³/mol. The Morgan fingerprint density at radius 1 is 1.43 bits per heavy atom.